The maximum atomic E-state index is 13.5. The van der Waals surface area contributed by atoms with Crippen LogP contribution in [0.25, 0.3) is 0 Å². The second-order valence-electron chi connectivity index (χ2n) is 4.26. The zero-order chi connectivity index (χ0) is 11.5. The van der Waals surface area contributed by atoms with Crippen LogP contribution in [-0.2, 0) is 6.54 Å². The molecule has 1 saturated heterocycles. The van der Waals surface area contributed by atoms with Crippen LogP contribution in [0.5, 0.6) is 0 Å². The van der Waals surface area contributed by atoms with Gasteiger partial charge in [0.1, 0.15) is 11.6 Å². The number of nitrogens with zero attached hydrogens (tertiary/aromatic N) is 1. The fourth-order valence-electron chi connectivity index (χ4n) is 1.99. The van der Waals surface area contributed by atoms with Gasteiger partial charge in [-0.1, -0.05) is 6.07 Å². The zero-order valence-electron chi connectivity index (χ0n) is 9.34. The van der Waals surface area contributed by atoms with E-state index in [1.165, 1.54) is 12.1 Å². The maximum Gasteiger partial charge on any atom is 0.130 e. The first-order valence-electron chi connectivity index (χ1n) is 5.55. The standard InChI is InChI=1S/C12H16F2N2/c1-9-7-15-4-5-16(9)8-10-2-3-11(13)6-12(10)14/h2-3,6,9,15H,4-5,7-8H2,1H3/t9-/m1/s1. The normalized spacial score (nSPS) is 22.3. The Morgan fingerprint density at radius 3 is 2.94 bits per heavy atom. The molecule has 1 aromatic carbocycles. The van der Waals surface area contributed by atoms with Gasteiger partial charge >= 0.3 is 0 Å². The molecule has 4 heteroatoms. The van der Waals surface area contributed by atoms with E-state index in [0.717, 1.165) is 25.7 Å². The van der Waals surface area contributed by atoms with Crippen molar-refractivity contribution in [2.45, 2.75) is 19.5 Å². The van der Waals surface area contributed by atoms with Crippen molar-refractivity contribution in [1.29, 1.82) is 0 Å². The quantitative estimate of drug-likeness (QED) is 0.826. The van der Waals surface area contributed by atoms with Gasteiger partial charge in [-0.2, -0.15) is 0 Å². The molecule has 0 unspecified atom stereocenters. The Labute approximate surface area is 94.3 Å². The highest BCUT2D eigenvalue weighted by atomic mass is 19.1. The van der Waals surface area contributed by atoms with Gasteiger partial charge in [-0.05, 0) is 13.0 Å². The van der Waals surface area contributed by atoms with Crippen molar-refractivity contribution in [2.75, 3.05) is 19.6 Å². The summed E-state index contributed by atoms with van der Waals surface area (Å²) >= 11 is 0. The minimum absolute atomic E-state index is 0.387. The van der Waals surface area contributed by atoms with Crippen LogP contribution < -0.4 is 5.32 Å². The van der Waals surface area contributed by atoms with Crippen molar-refractivity contribution in [3.8, 4) is 0 Å². The minimum atomic E-state index is -0.519. The number of rotatable bonds is 2. The van der Waals surface area contributed by atoms with Gasteiger partial charge in [0.15, 0.2) is 0 Å². The summed E-state index contributed by atoms with van der Waals surface area (Å²) < 4.78 is 26.2. The molecule has 1 aromatic rings. The van der Waals surface area contributed by atoms with Crippen LogP contribution in [0.3, 0.4) is 0 Å². The van der Waals surface area contributed by atoms with E-state index in [1.54, 1.807) is 0 Å². The van der Waals surface area contributed by atoms with Crippen LogP contribution >= 0.6 is 0 Å². The smallest absolute Gasteiger partial charge is 0.130 e. The fourth-order valence-corrected chi connectivity index (χ4v) is 1.99. The Morgan fingerprint density at radius 2 is 2.25 bits per heavy atom. The van der Waals surface area contributed by atoms with Crippen molar-refractivity contribution in [1.82, 2.24) is 10.2 Å². The van der Waals surface area contributed by atoms with E-state index in [-0.39, 0.29) is 0 Å². The predicted octanol–water partition coefficient (Wildman–Crippen LogP) is 1.76. The van der Waals surface area contributed by atoms with Crippen molar-refractivity contribution in [3.05, 3.63) is 35.4 Å². The lowest BCUT2D eigenvalue weighted by molar-refractivity contribution is 0.163. The van der Waals surface area contributed by atoms with Crippen LogP contribution in [0, 0.1) is 11.6 Å². The number of halogens is 2. The fraction of sp³-hybridized carbons (Fsp3) is 0.500. The molecule has 16 heavy (non-hydrogen) atoms. The van der Waals surface area contributed by atoms with Gasteiger partial charge in [0.05, 0.1) is 0 Å². The van der Waals surface area contributed by atoms with Gasteiger partial charge in [-0.25, -0.2) is 8.78 Å². The topological polar surface area (TPSA) is 15.3 Å². The summed E-state index contributed by atoms with van der Waals surface area (Å²) in [4.78, 5) is 2.20. The summed E-state index contributed by atoms with van der Waals surface area (Å²) in [5.74, 6) is -0.972. The van der Waals surface area contributed by atoms with Gasteiger partial charge in [0.2, 0.25) is 0 Å². The van der Waals surface area contributed by atoms with E-state index < -0.39 is 11.6 Å². The number of hydrogen-bond donors (Lipinski definition) is 1. The van der Waals surface area contributed by atoms with Crippen molar-refractivity contribution < 1.29 is 8.78 Å². The molecule has 2 nitrogen and oxygen atoms in total. The summed E-state index contributed by atoms with van der Waals surface area (Å²) in [7, 11) is 0. The van der Waals surface area contributed by atoms with Crippen LogP contribution in [0.4, 0.5) is 8.78 Å². The Bertz CT molecular complexity index is 368. The lowest BCUT2D eigenvalue weighted by Crippen LogP contribution is -2.49. The van der Waals surface area contributed by atoms with Crippen LogP contribution in [0.2, 0.25) is 0 Å². The molecule has 0 bridgehead atoms. The molecule has 2 rings (SSSR count). The van der Waals surface area contributed by atoms with E-state index >= 15 is 0 Å². The number of piperazine rings is 1. The molecule has 1 aliphatic rings. The molecule has 0 aromatic heterocycles. The Kier molecular flexibility index (Phi) is 3.51. The second-order valence-corrected chi connectivity index (χ2v) is 4.26. The Balaban J connectivity index is 2.07. The van der Waals surface area contributed by atoms with Gasteiger partial charge < -0.3 is 5.32 Å². The van der Waals surface area contributed by atoms with Crippen molar-refractivity contribution in [3.63, 3.8) is 0 Å². The van der Waals surface area contributed by atoms with Gasteiger partial charge in [-0.3, -0.25) is 4.90 Å². The van der Waals surface area contributed by atoms with Crippen LogP contribution in [0.15, 0.2) is 18.2 Å². The third kappa shape index (κ3) is 2.57. The Hall–Kier alpha value is -1.00. The summed E-state index contributed by atoms with van der Waals surface area (Å²) in [6.07, 6.45) is 0. The monoisotopic (exact) mass is 226 g/mol. The van der Waals surface area contributed by atoms with Gasteiger partial charge in [0, 0.05) is 43.9 Å². The molecule has 0 saturated carbocycles. The molecule has 0 radical (unpaired) electrons. The highest BCUT2D eigenvalue weighted by Crippen LogP contribution is 2.14. The minimum Gasteiger partial charge on any atom is -0.314 e. The summed E-state index contributed by atoms with van der Waals surface area (Å²) in [6.45, 7) is 5.40. The lowest BCUT2D eigenvalue weighted by Gasteiger charge is -2.33. The third-order valence-electron chi connectivity index (χ3n) is 3.03. The number of hydrogen-bond acceptors (Lipinski definition) is 2. The summed E-state index contributed by atoms with van der Waals surface area (Å²) in [5.41, 5.74) is 0.565. The molecule has 1 aliphatic heterocycles. The maximum absolute atomic E-state index is 13.5. The van der Waals surface area contributed by atoms with E-state index in [0.29, 0.717) is 18.2 Å². The molecular formula is C12H16F2N2. The van der Waals surface area contributed by atoms with Crippen molar-refractivity contribution >= 4 is 0 Å². The summed E-state index contributed by atoms with van der Waals surface area (Å²) in [5, 5.41) is 3.28. The van der Waals surface area contributed by atoms with Crippen LogP contribution in [0.1, 0.15) is 12.5 Å². The predicted molar refractivity (Wildman–Crippen MR) is 59.1 cm³/mol. The highest BCUT2D eigenvalue weighted by molar-refractivity contribution is 5.18. The Morgan fingerprint density at radius 1 is 1.44 bits per heavy atom. The first kappa shape index (κ1) is 11.5. The average molecular weight is 226 g/mol. The van der Waals surface area contributed by atoms with E-state index in [1.807, 2.05) is 0 Å². The molecule has 0 aliphatic carbocycles. The van der Waals surface area contributed by atoms with Gasteiger partial charge in [0.25, 0.3) is 0 Å². The second kappa shape index (κ2) is 4.89. The van der Waals surface area contributed by atoms with E-state index in [2.05, 4.69) is 17.1 Å². The SMILES string of the molecule is C[C@@H]1CNCCN1Cc1ccc(F)cc1F. The first-order valence-corrected chi connectivity index (χ1v) is 5.55. The number of nitrogens with one attached hydrogen (secondary N) is 1. The van der Waals surface area contributed by atoms with Crippen LogP contribution in [-0.4, -0.2) is 30.6 Å². The molecule has 0 amide bonds. The molecule has 1 atom stereocenters. The molecule has 1 fully saturated rings. The third-order valence-corrected chi connectivity index (χ3v) is 3.03. The molecule has 1 heterocycles. The first-order chi connectivity index (χ1) is 7.66. The number of benzene rings is 1. The molecule has 88 valence electrons. The zero-order valence-corrected chi connectivity index (χ0v) is 9.34. The molecule has 0 spiro atoms. The molecule has 1 N–H and O–H groups in total. The van der Waals surface area contributed by atoms with E-state index in [4.69, 9.17) is 0 Å². The van der Waals surface area contributed by atoms with E-state index in [9.17, 15) is 8.78 Å². The van der Waals surface area contributed by atoms with Crippen molar-refractivity contribution in [2.24, 2.45) is 0 Å². The van der Waals surface area contributed by atoms with Gasteiger partial charge in [-0.15, -0.1) is 0 Å². The summed E-state index contributed by atoms with van der Waals surface area (Å²) in [6, 6.07) is 4.17. The highest BCUT2D eigenvalue weighted by Gasteiger charge is 2.19. The largest absolute Gasteiger partial charge is 0.314 e. The lowest BCUT2D eigenvalue weighted by atomic mass is 10.1. The molecular weight excluding hydrogens is 210 g/mol. The average Bonchev–Trinajstić information content (AvgIpc) is 2.25.